The second kappa shape index (κ2) is 24.1. The van der Waals surface area contributed by atoms with Crippen LogP contribution in [0.3, 0.4) is 0 Å². The van der Waals surface area contributed by atoms with Gasteiger partial charge in [0.25, 0.3) is 11.5 Å². The Bertz CT molecular complexity index is 3160. The van der Waals surface area contributed by atoms with Gasteiger partial charge in [0, 0.05) is 86.5 Å². The number of esters is 1. The number of unbranched alkanes of at least 4 members (excludes halogenated alkanes) is 2. The number of nitrogens with one attached hydrogen (secondary N) is 2. The number of ketones is 3. The summed E-state index contributed by atoms with van der Waals surface area (Å²) in [6, 6.07) is 11.4. The van der Waals surface area contributed by atoms with E-state index in [1.165, 1.54) is 15.5 Å². The van der Waals surface area contributed by atoms with E-state index in [4.69, 9.17) is 14.5 Å². The zero-order valence-corrected chi connectivity index (χ0v) is 44.8. The molecule has 19 nitrogen and oxygen atoms in total. The number of cyclic esters (lactones) is 1. The lowest BCUT2D eigenvalue weighted by atomic mass is 9.81. The maximum Gasteiger partial charge on any atom is 0.343 e. The average molecular weight is 1080 g/mol. The molecule has 4 aliphatic rings. The summed E-state index contributed by atoms with van der Waals surface area (Å²) in [6.45, 7) is 5.81. The highest BCUT2D eigenvalue weighted by Crippen LogP contribution is 2.47. The van der Waals surface area contributed by atoms with Crippen LogP contribution < -0.4 is 16.2 Å². The van der Waals surface area contributed by atoms with Gasteiger partial charge in [0.15, 0.2) is 17.2 Å². The molecule has 0 spiro atoms. The first kappa shape index (κ1) is 56.9. The summed E-state index contributed by atoms with van der Waals surface area (Å²) in [6.07, 6.45) is 1.69. The molecule has 0 radical (unpaired) electrons. The van der Waals surface area contributed by atoms with E-state index in [2.05, 4.69) is 10.6 Å². The number of benzene rings is 2. The zero-order chi connectivity index (χ0) is 56.2. The molecule has 4 aromatic rings. The number of carbonyl (C=O) groups is 9. The summed E-state index contributed by atoms with van der Waals surface area (Å²) in [7, 11) is 1.64. The third-order valence-electron chi connectivity index (χ3n) is 15.8. The molecule has 2 aromatic heterocycles. The molecular formula is C58H67FN6O13. The van der Waals surface area contributed by atoms with E-state index in [0.717, 1.165) is 11.1 Å². The van der Waals surface area contributed by atoms with Gasteiger partial charge in [-0.3, -0.25) is 48.1 Å². The average Bonchev–Trinajstić information content (AvgIpc) is 4.12. The Labute approximate surface area is 450 Å². The van der Waals surface area contributed by atoms with E-state index in [-0.39, 0.29) is 119 Å². The topological polar surface area (TPSA) is 258 Å². The number of hydrogen-bond donors (Lipinski definition) is 3. The van der Waals surface area contributed by atoms with Crippen molar-refractivity contribution < 1.29 is 62.1 Å². The van der Waals surface area contributed by atoms with Crippen molar-refractivity contribution in [1.29, 1.82) is 0 Å². The van der Waals surface area contributed by atoms with Gasteiger partial charge >= 0.3 is 5.97 Å². The summed E-state index contributed by atoms with van der Waals surface area (Å²) in [5, 5.41) is 17.3. The molecule has 78 heavy (non-hydrogen) atoms. The highest BCUT2D eigenvalue weighted by Gasteiger charge is 2.46. The minimum absolute atomic E-state index is 0.0128. The van der Waals surface area contributed by atoms with Crippen molar-refractivity contribution >= 4 is 63.8 Å². The van der Waals surface area contributed by atoms with E-state index in [1.807, 2.05) is 18.2 Å². The Balaban J connectivity index is 0.827. The quantitative estimate of drug-likeness (QED) is 0.0407. The SMILES string of the molecule is CC[C@@]1(O)C(=O)OCc2c1cc1n(c2=O)Cc2c-1nc1cc(F)c(C)c3c1c2[C@@H](N(C)C(=O)[C@H](C)OCCC(=O)CNC(=O)[C@@H](CC(=O)CNC(=O)CCC(=O)CCCCCN1C(=O)CC(C)C1=O)Cc1ccccc1)CC3. The Hall–Kier alpha value is -7.32. The lowest BCUT2D eigenvalue weighted by Crippen LogP contribution is -2.44. The van der Waals surface area contributed by atoms with Crippen LogP contribution in [0.5, 0.6) is 0 Å². The first-order valence-electron chi connectivity index (χ1n) is 26.9. The van der Waals surface area contributed by atoms with Crippen molar-refractivity contribution in [2.24, 2.45) is 11.8 Å². The second-order valence-electron chi connectivity index (χ2n) is 21.1. The third-order valence-corrected chi connectivity index (χ3v) is 15.8. The van der Waals surface area contributed by atoms with Crippen molar-refractivity contribution in [2.45, 2.75) is 142 Å². The van der Waals surface area contributed by atoms with Crippen molar-refractivity contribution in [2.75, 3.05) is 33.3 Å². The van der Waals surface area contributed by atoms with E-state index in [0.29, 0.717) is 77.6 Å². The highest BCUT2D eigenvalue weighted by atomic mass is 19.1. The summed E-state index contributed by atoms with van der Waals surface area (Å²) in [5.41, 5.74) is 2.18. The van der Waals surface area contributed by atoms with Crippen LogP contribution in [-0.2, 0) is 84.2 Å². The van der Waals surface area contributed by atoms with Gasteiger partial charge in [0.1, 0.15) is 24.3 Å². The van der Waals surface area contributed by atoms with Crippen LogP contribution >= 0.6 is 0 Å². The molecule has 414 valence electrons. The minimum Gasteiger partial charge on any atom is -0.458 e. The van der Waals surface area contributed by atoms with Crippen molar-refractivity contribution in [3.8, 4) is 11.4 Å². The Morgan fingerprint density at radius 2 is 1.68 bits per heavy atom. The van der Waals surface area contributed by atoms with Gasteiger partial charge in [0.2, 0.25) is 23.6 Å². The number of likely N-dealkylation sites (N-methyl/N-ethyl adjacent to an activating group) is 1. The Morgan fingerprint density at radius 1 is 0.936 bits per heavy atom. The molecule has 20 heteroatoms. The number of aliphatic hydroxyl groups is 1. The number of aromatic nitrogens is 2. The van der Waals surface area contributed by atoms with E-state index < -0.39 is 70.3 Å². The number of nitrogens with zero attached hydrogens (tertiary/aromatic N) is 4. The van der Waals surface area contributed by atoms with Crippen molar-refractivity contribution in [3.63, 3.8) is 0 Å². The summed E-state index contributed by atoms with van der Waals surface area (Å²) in [4.78, 5) is 138. The van der Waals surface area contributed by atoms with Crippen molar-refractivity contribution in [3.05, 3.63) is 97.6 Å². The maximum atomic E-state index is 15.5. The molecule has 1 saturated heterocycles. The summed E-state index contributed by atoms with van der Waals surface area (Å²) >= 11 is 0. The predicted molar refractivity (Wildman–Crippen MR) is 281 cm³/mol. The second-order valence-corrected chi connectivity index (χ2v) is 21.1. The molecule has 5 heterocycles. The number of aryl methyl sites for hydroxylation is 1. The van der Waals surface area contributed by atoms with E-state index >= 15 is 4.39 Å². The standard InChI is InChI=1S/C58H67FN6O13/c1-6-58(76)43-26-47-52-41(30-65(47)56(74)42(43)31-78-57(58)75)51-46(18-17-40-33(3)44(59)27-45(62-52)50(40)51)63(5)55(73)34(4)77-22-20-38(67)28-61-53(71)36(24-35-13-9-7-10-14-35)25-39(68)29-60-48(69)19-16-37(66)15-11-8-12-21-64-49(70)23-32(2)54(64)72/h7,9-10,13-14,26-27,32,34,36,46,76H,6,8,11-12,15-25,28-31H2,1-5H3,(H,60,69)(H,61,71)/t32?,34-,36+,46-,58-/m0/s1. The van der Waals surface area contributed by atoms with Crippen LogP contribution in [0.4, 0.5) is 4.39 Å². The molecule has 2 aromatic carbocycles. The number of imide groups is 1. The zero-order valence-electron chi connectivity index (χ0n) is 44.8. The smallest absolute Gasteiger partial charge is 0.343 e. The number of Topliss-reactive ketones (excluding diaryl/α,β-unsaturated/α-hetero) is 3. The molecule has 0 saturated carbocycles. The van der Waals surface area contributed by atoms with Crippen LogP contribution in [-0.4, -0.2) is 117 Å². The number of pyridine rings is 2. The number of likely N-dealkylation sites (tertiary alicyclic amines) is 1. The monoisotopic (exact) mass is 1070 g/mol. The molecular weight excluding hydrogens is 1010 g/mol. The van der Waals surface area contributed by atoms with Gasteiger partial charge in [-0.25, -0.2) is 14.2 Å². The van der Waals surface area contributed by atoms with Gasteiger partial charge in [-0.05, 0) is 80.7 Å². The number of rotatable bonds is 25. The molecule has 3 N–H and O–H groups in total. The van der Waals surface area contributed by atoms with Crippen LogP contribution in [0.15, 0.2) is 47.3 Å². The number of carbonyl (C=O) groups excluding carboxylic acids is 9. The van der Waals surface area contributed by atoms with Gasteiger partial charge in [-0.1, -0.05) is 50.6 Å². The Morgan fingerprint density at radius 3 is 2.40 bits per heavy atom. The molecule has 8 rings (SSSR count). The van der Waals surface area contributed by atoms with Crippen molar-refractivity contribution in [1.82, 2.24) is 30.0 Å². The normalized spacial score (nSPS) is 18.9. The van der Waals surface area contributed by atoms with Gasteiger partial charge in [0.05, 0.1) is 54.8 Å². The Kier molecular flexibility index (Phi) is 17.6. The molecule has 1 unspecified atom stereocenters. The minimum atomic E-state index is -2.05. The fourth-order valence-electron chi connectivity index (χ4n) is 11.2. The van der Waals surface area contributed by atoms with Crippen LogP contribution in [0, 0.1) is 24.6 Å². The van der Waals surface area contributed by atoms with Crippen LogP contribution in [0.2, 0.25) is 0 Å². The highest BCUT2D eigenvalue weighted by molar-refractivity contribution is 6.03. The van der Waals surface area contributed by atoms with Gasteiger partial charge < -0.3 is 34.7 Å². The molecule has 1 aliphatic carbocycles. The largest absolute Gasteiger partial charge is 0.458 e. The number of fused-ring (bicyclic) bond motifs is 5. The third kappa shape index (κ3) is 11.9. The first-order valence-corrected chi connectivity index (χ1v) is 26.9. The molecule has 5 amide bonds. The fraction of sp³-hybridized carbons (Fsp3) is 0.500. The van der Waals surface area contributed by atoms with Gasteiger partial charge in [-0.15, -0.1) is 0 Å². The fourth-order valence-corrected chi connectivity index (χ4v) is 11.2. The summed E-state index contributed by atoms with van der Waals surface area (Å²) < 4.78 is 28.2. The number of amides is 5. The lowest BCUT2D eigenvalue weighted by molar-refractivity contribution is -0.172. The van der Waals surface area contributed by atoms with E-state index in [1.54, 1.807) is 57.8 Å². The van der Waals surface area contributed by atoms with Crippen LogP contribution in [0.1, 0.15) is 136 Å². The lowest BCUT2D eigenvalue weighted by Gasteiger charge is -2.36. The predicted octanol–water partition coefficient (Wildman–Crippen LogP) is 4.69. The molecule has 5 atom stereocenters. The summed E-state index contributed by atoms with van der Waals surface area (Å²) in [5.74, 6) is -5.19. The molecule has 3 aliphatic heterocycles. The molecule has 1 fully saturated rings. The number of halogens is 1. The van der Waals surface area contributed by atoms with Crippen LogP contribution in [0.25, 0.3) is 22.3 Å². The maximum absolute atomic E-state index is 15.5. The van der Waals surface area contributed by atoms with E-state index in [9.17, 15) is 53.1 Å². The number of hydrogen-bond acceptors (Lipinski definition) is 14. The molecule has 0 bridgehead atoms. The number of ether oxygens (including phenoxy) is 2. The first-order chi connectivity index (χ1) is 37.2. The van der Waals surface area contributed by atoms with Gasteiger partial charge in [-0.2, -0.15) is 0 Å².